The van der Waals surface area contributed by atoms with Gasteiger partial charge < -0.3 is 10.1 Å². The lowest BCUT2D eigenvalue weighted by molar-refractivity contribution is -0.114. The van der Waals surface area contributed by atoms with Crippen LogP contribution in [0.1, 0.15) is 22.8 Å². The number of allylic oxidation sites excluding steroid dienone is 1. The molecule has 0 aliphatic heterocycles. The number of amides is 1. The Bertz CT molecular complexity index is 751. The van der Waals surface area contributed by atoms with Crippen LogP contribution in [-0.4, -0.2) is 18.8 Å². The van der Waals surface area contributed by atoms with Crippen LogP contribution in [0.25, 0.3) is 6.08 Å². The summed E-state index contributed by atoms with van der Waals surface area (Å²) in [6, 6.07) is 12.0. The fourth-order valence-corrected chi connectivity index (χ4v) is 2.11. The van der Waals surface area contributed by atoms with Crippen molar-refractivity contribution < 1.29 is 14.3 Å². The van der Waals surface area contributed by atoms with Crippen molar-refractivity contribution >= 4 is 35.1 Å². The molecule has 0 heterocycles. The maximum Gasteiger partial charge on any atom is 0.221 e. The first kappa shape index (κ1) is 16.8. The quantitative estimate of drug-likeness (QED) is 0.660. The Morgan fingerprint density at radius 2 is 1.83 bits per heavy atom. The molecule has 1 N–H and O–H groups in total. The van der Waals surface area contributed by atoms with Gasteiger partial charge in [-0.05, 0) is 48.0 Å². The third-order valence-corrected chi connectivity index (χ3v) is 3.34. The van der Waals surface area contributed by atoms with Gasteiger partial charge in [-0.2, -0.15) is 0 Å². The van der Waals surface area contributed by atoms with Crippen LogP contribution < -0.4 is 10.1 Å². The minimum absolute atomic E-state index is 0.119. The van der Waals surface area contributed by atoms with Crippen LogP contribution in [0.5, 0.6) is 5.75 Å². The van der Waals surface area contributed by atoms with E-state index in [4.69, 9.17) is 16.3 Å². The molecular weight excluding hydrogens is 314 g/mol. The predicted octanol–water partition coefficient (Wildman–Crippen LogP) is 4.20. The van der Waals surface area contributed by atoms with Crippen LogP contribution in [0.3, 0.4) is 0 Å². The Balaban J connectivity index is 2.17. The average Bonchev–Trinajstić information content (AvgIpc) is 2.53. The van der Waals surface area contributed by atoms with Gasteiger partial charge in [0.15, 0.2) is 5.78 Å². The smallest absolute Gasteiger partial charge is 0.221 e. The number of carbonyl (C=O) groups excluding carboxylic acids is 2. The number of ether oxygens (including phenoxy) is 1. The van der Waals surface area contributed by atoms with Gasteiger partial charge >= 0.3 is 0 Å². The standard InChI is InChI=1S/C18H16ClNO3/c1-12(21)20-16-9-3-13(11-18(16)23-2)4-10-17(22)14-5-7-15(19)8-6-14/h3-11H,1-2H3,(H,20,21)/b10-4+. The van der Waals surface area contributed by atoms with E-state index in [-0.39, 0.29) is 11.7 Å². The minimum Gasteiger partial charge on any atom is -0.495 e. The van der Waals surface area contributed by atoms with Crippen molar-refractivity contribution in [3.8, 4) is 5.75 Å². The molecule has 2 rings (SSSR count). The first-order valence-electron chi connectivity index (χ1n) is 6.93. The van der Waals surface area contributed by atoms with Gasteiger partial charge in [-0.1, -0.05) is 23.7 Å². The molecule has 0 bridgehead atoms. The van der Waals surface area contributed by atoms with Gasteiger partial charge in [-0.25, -0.2) is 0 Å². The second-order valence-electron chi connectivity index (χ2n) is 4.85. The van der Waals surface area contributed by atoms with E-state index >= 15 is 0 Å². The summed E-state index contributed by atoms with van der Waals surface area (Å²) in [5.41, 5.74) is 1.94. The largest absolute Gasteiger partial charge is 0.495 e. The zero-order valence-corrected chi connectivity index (χ0v) is 13.6. The highest BCUT2D eigenvalue weighted by atomic mass is 35.5. The molecule has 2 aromatic rings. The molecule has 0 atom stereocenters. The number of benzene rings is 2. The van der Waals surface area contributed by atoms with Gasteiger partial charge in [0.1, 0.15) is 5.75 Å². The van der Waals surface area contributed by atoms with Gasteiger partial charge in [-0.3, -0.25) is 9.59 Å². The SMILES string of the molecule is COc1cc(/C=C/C(=O)c2ccc(Cl)cc2)ccc1NC(C)=O. The normalized spacial score (nSPS) is 10.6. The van der Waals surface area contributed by atoms with E-state index in [0.29, 0.717) is 22.0 Å². The molecule has 0 radical (unpaired) electrons. The minimum atomic E-state index is -0.176. The summed E-state index contributed by atoms with van der Waals surface area (Å²) < 4.78 is 5.24. The number of halogens is 1. The molecule has 5 heteroatoms. The van der Waals surface area contributed by atoms with Crippen molar-refractivity contribution in [1.29, 1.82) is 0 Å². The fraction of sp³-hybridized carbons (Fsp3) is 0.111. The molecule has 118 valence electrons. The number of hydrogen-bond donors (Lipinski definition) is 1. The zero-order chi connectivity index (χ0) is 16.8. The van der Waals surface area contributed by atoms with Gasteiger partial charge in [0.25, 0.3) is 0 Å². The monoisotopic (exact) mass is 329 g/mol. The van der Waals surface area contributed by atoms with Crippen LogP contribution in [0, 0.1) is 0 Å². The second kappa shape index (κ2) is 7.61. The summed E-state index contributed by atoms with van der Waals surface area (Å²) in [6.07, 6.45) is 3.17. The van der Waals surface area contributed by atoms with Crippen LogP contribution in [-0.2, 0) is 4.79 Å². The summed E-state index contributed by atoms with van der Waals surface area (Å²) in [6.45, 7) is 1.43. The first-order chi connectivity index (χ1) is 11.0. The predicted molar refractivity (Wildman–Crippen MR) is 92.1 cm³/mol. The van der Waals surface area contributed by atoms with Crippen LogP contribution in [0.4, 0.5) is 5.69 Å². The van der Waals surface area contributed by atoms with Crippen LogP contribution in [0.2, 0.25) is 5.02 Å². The topological polar surface area (TPSA) is 55.4 Å². The molecule has 0 unspecified atom stereocenters. The van der Waals surface area contributed by atoms with E-state index in [9.17, 15) is 9.59 Å². The molecule has 0 saturated carbocycles. The molecule has 0 fully saturated rings. The molecule has 0 spiro atoms. The molecule has 2 aromatic carbocycles. The van der Waals surface area contributed by atoms with Crippen molar-refractivity contribution in [3.05, 3.63) is 64.7 Å². The van der Waals surface area contributed by atoms with E-state index in [1.54, 1.807) is 48.5 Å². The van der Waals surface area contributed by atoms with Crippen molar-refractivity contribution in [2.45, 2.75) is 6.92 Å². The summed E-state index contributed by atoms with van der Waals surface area (Å²) in [4.78, 5) is 23.2. The maximum atomic E-state index is 12.1. The lowest BCUT2D eigenvalue weighted by Gasteiger charge is -2.09. The molecule has 0 aliphatic rings. The Morgan fingerprint density at radius 3 is 2.43 bits per heavy atom. The highest BCUT2D eigenvalue weighted by Crippen LogP contribution is 2.26. The molecular formula is C18H16ClNO3. The molecule has 1 amide bonds. The number of nitrogens with one attached hydrogen (secondary N) is 1. The lowest BCUT2D eigenvalue weighted by atomic mass is 10.1. The number of anilines is 1. The van der Waals surface area contributed by atoms with E-state index in [1.807, 2.05) is 0 Å². The summed E-state index contributed by atoms with van der Waals surface area (Å²) in [7, 11) is 1.52. The fourth-order valence-electron chi connectivity index (χ4n) is 1.99. The molecule has 23 heavy (non-hydrogen) atoms. The van der Waals surface area contributed by atoms with E-state index in [0.717, 1.165) is 5.56 Å². The lowest BCUT2D eigenvalue weighted by Crippen LogP contribution is -2.07. The van der Waals surface area contributed by atoms with Gasteiger partial charge in [0.2, 0.25) is 5.91 Å². The number of rotatable bonds is 5. The molecule has 0 aliphatic carbocycles. The number of methoxy groups -OCH3 is 1. The Kier molecular flexibility index (Phi) is 5.55. The highest BCUT2D eigenvalue weighted by Gasteiger charge is 2.05. The third-order valence-electron chi connectivity index (χ3n) is 3.09. The molecule has 0 aromatic heterocycles. The Hall–Kier alpha value is -2.59. The van der Waals surface area contributed by atoms with Crippen molar-refractivity contribution in [1.82, 2.24) is 0 Å². The highest BCUT2D eigenvalue weighted by molar-refractivity contribution is 6.30. The second-order valence-corrected chi connectivity index (χ2v) is 5.28. The Morgan fingerprint density at radius 1 is 1.13 bits per heavy atom. The van der Waals surface area contributed by atoms with Gasteiger partial charge in [0.05, 0.1) is 12.8 Å². The number of hydrogen-bond acceptors (Lipinski definition) is 3. The van der Waals surface area contributed by atoms with Crippen LogP contribution >= 0.6 is 11.6 Å². The van der Waals surface area contributed by atoms with Crippen molar-refractivity contribution in [2.24, 2.45) is 0 Å². The maximum absolute atomic E-state index is 12.1. The first-order valence-corrected chi connectivity index (χ1v) is 7.31. The summed E-state index contributed by atoms with van der Waals surface area (Å²) >= 11 is 5.80. The van der Waals surface area contributed by atoms with Gasteiger partial charge in [0, 0.05) is 17.5 Å². The third kappa shape index (κ3) is 4.69. The molecule has 0 saturated heterocycles. The van der Waals surface area contributed by atoms with Gasteiger partial charge in [-0.15, -0.1) is 0 Å². The summed E-state index contributed by atoms with van der Waals surface area (Å²) in [5, 5.41) is 3.27. The number of ketones is 1. The zero-order valence-electron chi connectivity index (χ0n) is 12.8. The molecule has 4 nitrogen and oxygen atoms in total. The van der Waals surface area contributed by atoms with E-state index in [1.165, 1.54) is 20.1 Å². The van der Waals surface area contributed by atoms with Crippen molar-refractivity contribution in [2.75, 3.05) is 12.4 Å². The summed E-state index contributed by atoms with van der Waals surface area (Å²) in [5.74, 6) is 0.234. The average molecular weight is 330 g/mol. The van der Waals surface area contributed by atoms with Crippen LogP contribution in [0.15, 0.2) is 48.5 Å². The number of carbonyl (C=O) groups is 2. The Labute approximate surface area is 139 Å². The van der Waals surface area contributed by atoms with Crippen molar-refractivity contribution in [3.63, 3.8) is 0 Å². The van der Waals surface area contributed by atoms with E-state index < -0.39 is 0 Å². The van der Waals surface area contributed by atoms with E-state index in [2.05, 4.69) is 5.32 Å².